The summed E-state index contributed by atoms with van der Waals surface area (Å²) in [6, 6.07) is 13.2. The lowest BCUT2D eigenvalue weighted by atomic mass is 9.96. The number of carbonyl (C=O) groups excluding carboxylic acids is 3. The maximum absolute atomic E-state index is 13.8. The molecule has 2 aromatic carbocycles. The molecule has 164 valence electrons. The van der Waals surface area contributed by atoms with Gasteiger partial charge in [-0.15, -0.1) is 0 Å². The van der Waals surface area contributed by atoms with Crippen molar-refractivity contribution in [3.8, 4) is 5.75 Å². The third-order valence-corrected chi connectivity index (χ3v) is 5.35. The quantitative estimate of drug-likeness (QED) is 0.692. The number of nitrogens with zero attached hydrogens (tertiary/aromatic N) is 1. The summed E-state index contributed by atoms with van der Waals surface area (Å²) in [6.07, 6.45) is 1.35. The SMILES string of the molecule is COc1cccc(CNC(=O)C(=O)NCC2CCN(C(=O)c3ccccc3F)CC2)c1. The minimum absolute atomic E-state index is 0.0713. The smallest absolute Gasteiger partial charge is 0.309 e. The summed E-state index contributed by atoms with van der Waals surface area (Å²) in [5, 5.41) is 5.24. The van der Waals surface area contributed by atoms with Gasteiger partial charge in [-0.25, -0.2) is 4.39 Å². The number of benzene rings is 2. The molecule has 0 radical (unpaired) electrons. The molecule has 1 aliphatic heterocycles. The summed E-state index contributed by atoms with van der Waals surface area (Å²) in [7, 11) is 1.56. The normalized spacial score (nSPS) is 14.1. The molecule has 0 aromatic heterocycles. The van der Waals surface area contributed by atoms with Gasteiger partial charge in [-0.1, -0.05) is 24.3 Å². The number of rotatable bonds is 6. The lowest BCUT2D eigenvalue weighted by molar-refractivity contribution is -0.139. The monoisotopic (exact) mass is 427 g/mol. The van der Waals surface area contributed by atoms with Gasteiger partial charge in [-0.2, -0.15) is 0 Å². The van der Waals surface area contributed by atoms with E-state index in [2.05, 4.69) is 10.6 Å². The molecule has 0 bridgehead atoms. The number of hydrogen-bond donors (Lipinski definition) is 2. The van der Waals surface area contributed by atoms with E-state index in [9.17, 15) is 18.8 Å². The van der Waals surface area contributed by atoms with Crippen molar-refractivity contribution in [2.75, 3.05) is 26.7 Å². The number of amides is 3. The molecule has 8 heteroatoms. The van der Waals surface area contributed by atoms with Crippen LogP contribution in [0.5, 0.6) is 5.75 Å². The van der Waals surface area contributed by atoms with E-state index in [0.717, 1.165) is 5.56 Å². The third-order valence-electron chi connectivity index (χ3n) is 5.35. The number of hydrogen-bond acceptors (Lipinski definition) is 4. The maximum Gasteiger partial charge on any atom is 0.309 e. The van der Waals surface area contributed by atoms with Gasteiger partial charge in [0, 0.05) is 26.2 Å². The minimum Gasteiger partial charge on any atom is -0.497 e. The van der Waals surface area contributed by atoms with Crippen LogP contribution in [0.25, 0.3) is 0 Å². The topological polar surface area (TPSA) is 87.7 Å². The molecule has 3 amide bonds. The van der Waals surface area contributed by atoms with Crippen LogP contribution in [0.15, 0.2) is 48.5 Å². The van der Waals surface area contributed by atoms with Crippen molar-refractivity contribution in [1.29, 1.82) is 0 Å². The summed E-state index contributed by atoms with van der Waals surface area (Å²) in [5.41, 5.74) is 0.898. The summed E-state index contributed by atoms with van der Waals surface area (Å²) in [4.78, 5) is 38.2. The molecule has 31 heavy (non-hydrogen) atoms. The second kappa shape index (κ2) is 10.6. The summed E-state index contributed by atoms with van der Waals surface area (Å²) >= 11 is 0. The van der Waals surface area contributed by atoms with Crippen LogP contribution in [0.4, 0.5) is 4.39 Å². The minimum atomic E-state index is -0.699. The number of likely N-dealkylation sites (tertiary alicyclic amines) is 1. The fraction of sp³-hybridized carbons (Fsp3) is 0.348. The highest BCUT2D eigenvalue weighted by Crippen LogP contribution is 2.19. The van der Waals surface area contributed by atoms with E-state index in [1.54, 1.807) is 36.3 Å². The Morgan fingerprint density at radius 2 is 1.74 bits per heavy atom. The first-order valence-electron chi connectivity index (χ1n) is 10.2. The molecule has 1 saturated heterocycles. The largest absolute Gasteiger partial charge is 0.497 e. The molecule has 0 aliphatic carbocycles. The standard InChI is InChI=1S/C23H26FN3O4/c1-31-18-6-4-5-17(13-18)15-26-22(29)21(28)25-14-16-9-11-27(12-10-16)23(30)19-7-2-3-8-20(19)24/h2-8,13,16H,9-12,14-15H2,1H3,(H,25,28)(H,26,29). The molecular formula is C23H26FN3O4. The number of halogens is 1. The highest BCUT2D eigenvalue weighted by atomic mass is 19.1. The lowest BCUT2D eigenvalue weighted by Gasteiger charge is -2.32. The van der Waals surface area contributed by atoms with Gasteiger partial charge in [0.15, 0.2) is 0 Å². The van der Waals surface area contributed by atoms with Crippen molar-refractivity contribution in [2.45, 2.75) is 19.4 Å². The van der Waals surface area contributed by atoms with Gasteiger partial charge in [0.05, 0.1) is 12.7 Å². The Hall–Kier alpha value is -3.42. The van der Waals surface area contributed by atoms with Crippen LogP contribution in [0, 0.1) is 11.7 Å². The predicted molar refractivity (Wildman–Crippen MR) is 113 cm³/mol. The number of ether oxygens (including phenoxy) is 1. The van der Waals surface area contributed by atoms with Crippen molar-refractivity contribution in [1.82, 2.24) is 15.5 Å². The van der Waals surface area contributed by atoms with E-state index in [1.165, 1.54) is 12.1 Å². The molecule has 1 heterocycles. The third kappa shape index (κ3) is 6.04. The number of nitrogens with one attached hydrogen (secondary N) is 2. The van der Waals surface area contributed by atoms with Crippen LogP contribution in [-0.2, 0) is 16.1 Å². The molecule has 0 spiro atoms. The Kier molecular flexibility index (Phi) is 7.59. The van der Waals surface area contributed by atoms with Gasteiger partial charge in [-0.3, -0.25) is 14.4 Å². The fourth-order valence-electron chi connectivity index (χ4n) is 3.51. The van der Waals surface area contributed by atoms with Crippen molar-refractivity contribution in [3.63, 3.8) is 0 Å². The molecule has 2 aromatic rings. The summed E-state index contributed by atoms with van der Waals surface area (Å²) in [6.45, 7) is 1.54. The molecular weight excluding hydrogens is 401 g/mol. The number of piperidine rings is 1. The summed E-state index contributed by atoms with van der Waals surface area (Å²) in [5.74, 6) is -1.40. The first kappa shape index (κ1) is 22.3. The highest BCUT2D eigenvalue weighted by molar-refractivity contribution is 6.35. The molecule has 1 fully saturated rings. The average molecular weight is 427 g/mol. The number of carbonyl (C=O) groups is 3. The zero-order chi connectivity index (χ0) is 22.2. The zero-order valence-electron chi connectivity index (χ0n) is 17.4. The predicted octanol–water partition coefficient (Wildman–Crippen LogP) is 2.12. The summed E-state index contributed by atoms with van der Waals surface area (Å²) < 4.78 is 19.0. The molecule has 3 rings (SSSR count). The van der Waals surface area contributed by atoms with Crippen LogP contribution >= 0.6 is 0 Å². The van der Waals surface area contributed by atoms with Crippen molar-refractivity contribution in [3.05, 3.63) is 65.5 Å². The van der Waals surface area contributed by atoms with Gasteiger partial charge in [0.1, 0.15) is 11.6 Å². The van der Waals surface area contributed by atoms with Crippen LogP contribution in [-0.4, -0.2) is 49.4 Å². The van der Waals surface area contributed by atoms with Crippen molar-refractivity contribution >= 4 is 17.7 Å². The second-order valence-corrected chi connectivity index (χ2v) is 7.46. The highest BCUT2D eigenvalue weighted by Gasteiger charge is 2.26. The Morgan fingerprint density at radius 3 is 2.45 bits per heavy atom. The van der Waals surface area contributed by atoms with Gasteiger partial charge in [0.25, 0.3) is 5.91 Å². The van der Waals surface area contributed by atoms with E-state index in [-0.39, 0.29) is 23.9 Å². The lowest BCUT2D eigenvalue weighted by Crippen LogP contribution is -2.44. The molecule has 0 atom stereocenters. The van der Waals surface area contributed by atoms with Crippen molar-refractivity contribution in [2.24, 2.45) is 5.92 Å². The van der Waals surface area contributed by atoms with E-state index in [4.69, 9.17) is 4.74 Å². The van der Waals surface area contributed by atoms with Gasteiger partial charge >= 0.3 is 11.8 Å². The molecule has 0 saturated carbocycles. The second-order valence-electron chi connectivity index (χ2n) is 7.46. The van der Waals surface area contributed by atoms with Crippen molar-refractivity contribution < 1.29 is 23.5 Å². The Balaban J connectivity index is 1.39. The van der Waals surface area contributed by atoms with Gasteiger partial charge < -0.3 is 20.3 Å². The first-order valence-corrected chi connectivity index (χ1v) is 10.2. The van der Waals surface area contributed by atoms with E-state index < -0.39 is 17.6 Å². The van der Waals surface area contributed by atoms with E-state index in [1.807, 2.05) is 12.1 Å². The van der Waals surface area contributed by atoms with E-state index >= 15 is 0 Å². The van der Waals surface area contributed by atoms with Crippen LogP contribution in [0.2, 0.25) is 0 Å². The zero-order valence-corrected chi connectivity index (χ0v) is 17.4. The maximum atomic E-state index is 13.8. The first-order chi connectivity index (χ1) is 15.0. The Bertz CT molecular complexity index is 942. The Labute approximate surface area is 180 Å². The molecule has 1 aliphatic rings. The fourth-order valence-corrected chi connectivity index (χ4v) is 3.51. The van der Waals surface area contributed by atoms with Crippen LogP contribution in [0.1, 0.15) is 28.8 Å². The molecule has 7 nitrogen and oxygen atoms in total. The molecule has 0 unspecified atom stereocenters. The number of methoxy groups -OCH3 is 1. The Morgan fingerprint density at radius 1 is 1.03 bits per heavy atom. The molecule has 2 N–H and O–H groups in total. The average Bonchev–Trinajstić information content (AvgIpc) is 2.81. The van der Waals surface area contributed by atoms with Gasteiger partial charge in [0.2, 0.25) is 0 Å². The van der Waals surface area contributed by atoms with Crippen LogP contribution < -0.4 is 15.4 Å². The van der Waals surface area contributed by atoms with E-state index in [0.29, 0.717) is 38.2 Å². The van der Waals surface area contributed by atoms with Crippen LogP contribution in [0.3, 0.4) is 0 Å². The van der Waals surface area contributed by atoms with Gasteiger partial charge in [-0.05, 0) is 48.6 Å².